The molecule has 0 aliphatic carbocycles. The van der Waals surface area contributed by atoms with E-state index in [9.17, 15) is 0 Å². The molecule has 2 heteroatoms. The van der Waals surface area contributed by atoms with E-state index in [-0.39, 0.29) is 0 Å². The van der Waals surface area contributed by atoms with Crippen LogP contribution in [-0.2, 0) is 0 Å². The summed E-state index contributed by atoms with van der Waals surface area (Å²) < 4.78 is 0. The summed E-state index contributed by atoms with van der Waals surface area (Å²) in [5.41, 5.74) is 0.891. The van der Waals surface area contributed by atoms with E-state index in [2.05, 4.69) is 4.99 Å². The number of allylic oxidation sites excluding steroid dienone is 1. The van der Waals surface area contributed by atoms with Gasteiger partial charge in [0.1, 0.15) is 0 Å². The quantitative estimate of drug-likeness (QED) is 0.472. The van der Waals surface area contributed by atoms with Crippen molar-refractivity contribution in [3.05, 3.63) is 12.3 Å². The van der Waals surface area contributed by atoms with Gasteiger partial charge in [-0.25, -0.2) is 0 Å². The monoisotopic (exact) mass is 92.0 g/mol. The fraction of sp³-hybridized carbons (Fsp3) is 0.200. The van der Waals surface area contributed by atoms with E-state index in [1.807, 2.05) is 12.1 Å². The van der Waals surface area contributed by atoms with Gasteiger partial charge in [-0.2, -0.15) is 5.26 Å². The molecular formula is C5H4N2. The van der Waals surface area contributed by atoms with Crippen molar-refractivity contribution in [3.63, 3.8) is 0 Å². The molecule has 0 amide bonds. The van der Waals surface area contributed by atoms with Crippen LogP contribution in [0.15, 0.2) is 17.3 Å². The first-order valence-electron chi connectivity index (χ1n) is 2.03. The van der Waals surface area contributed by atoms with Gasteiger partial charge in [-0.3, -0.25) is 4.99 Å². The van der Waals surface area contributed by atoms with E-state index in [0.717, 1.165) is 5.71 Å². The zero-order valence-electron chi connectivity index (χ0n) is 3.76. The summed E-state index contributed by atoms with van der Waals surface area (Å²) in [4.78, 5) is 3.77. The normalized spacial score (nSPS) is 14.4. The predicted octanol–water partition coefficient (Wildman–Crippen LogP) is 0.868. The molecule has 0 aromatic heterocycles. The van der Waals surface area contributed by atoms with Crippen LogP contribution in [0.3, 0.4) is 0 Å². The molecule has 0 aromatic carbocycles. The fourth-order valence-corrected chi connectivity index (χ4v) is 0.366. The number of rotatable bonds is 1. The number of nitrogens with zero attached hydrogens (tertiary/aromatic N) is 2. The average Bonchev–Trinajstić information content (AvgIpc) is 1.55. The van der Waals surface area contributed by atoms with E-state index in [1.54, 1.807) is 6.20 Å². The third kappa shape index (κ3) is 0.660. The molecule has 0 bridgehead atoms. The maximum absolute atomic E-state index is 8.04. The molecule has 0 radical (unpaired) electrons. The van der Waals surface area contributed by atoms with Gasteiger partial charge in [-0.15, -0.1) is 0 Å². The van der Waals surface area contributed by atoms with E-state index in [4.69, 9.17) is 5.26 Å². The predicted molar refractivity (Wildman–Crippen MR) is 26.8 cm³/mol. The first-order chi connectivity index (χ1) is 3.43. The minimum Gasteiger partial charge on any atom is -0.260 e. The van der Waals surface area contributed by atoms with E-state index in [1.165, 1.54) is 0 Å². The fourth-order valence-electron chi connectivity index (χ4n) is 0.366. The zero-order chi connectivity index (χ0) is 5.11. The Hall–Kier alpha value is -1.10. The Morgan fingerprint density at radius 1 is 1.86 bits per heavy atom. The lowest BCUT2D eigenvalue weighted by Gasteiger charge is -1.96. The summed E-state index contributed by atoms with van der Waals surface area (Å²) in [5.74, 6) is 0. The highest BCUT2D eigenvalue weighted by Gasteiger charge is 1.95. The Morgan fingerprint density at radius 2 is 2.57 bits per heavy atom. The summed E-state index contributed by atoms with van der Waals surface area (Å²) in [6, 6.07) is 1.99. The van der Waals surface area contributed by atoms with E-state index in [0.29, 0.717) is 6.42 Å². The molecule has 0 N–H and O–H groups in total. The Balaban J connectivity index is 2.34. The lowest BCUT2D eigenvalue weighted by atomic mass is 10.2. The Labute approximate surface area is 41.8 Å². The first-order valence-corrected chi connectivity index (χ1v) is 2.03. The van der Waals surface area contributed by atoms with Gasteiger partial charge in [-0.1, -0.05) is 0 Å². The first kappa shape index (κ1) is 4.07. The molecule has 0 fully saturated rings. The van der Waals surface area contributed by atoms with Gasteiger partial charge in [0.2, 0.25) is 0 Å². The van der Waals surface area contributed by atoms with Crippen LogP contribution in [0.5, 0.6) is 0 Å². The van der Waals surface area contributed by atoms with Gasteiger partial charge >= 0.3 is 0 Å². The maximum atomic E-state index is 8.04. The van der Waals surface area contributed by atoms with Crippen molar-refractivity contribution < 1.29 is 0 Å². The van der Waals surface area contributed by atoms with Crippen molar-refractivity contribution in [1.29, 1.82) is 5.26 Å². The van der Waals surface area contributed by atoms with Crippen LogP contribution in [0.1, 0.15) is 6.42 Å². The van der Waals surface area contributed by atoms with Gasteiger partial charge in [0.05, 0.1) is 18.2 Å². The van der Waals surface area contributed by atoms with Gasteiger partial charge < -0.3 is 0 Å². The van der Waals surface area contributed by atoms with Crippen LogP contribution in [0.25, 0.3) is 0 Å². The summed E-state index contributed by atoms with van der Waals surface area (Å²) in [6.45, 7) is 0. The van der Waals surface area contributed by atoms with Crippen molar-refractivity contribution >= 4 is 5.71 Å². The van der Waals surface area contributed by atoms with Crippen molar-refractivity contribution in [2.24, 2.45) is 4.99 Å². The topological polar surface area (TPSA) is 36.1 Å². The average molecular weight is 92.1 g/mol. The van der Waals surface area contributed by atoms with E-state index < -0.39 is 0 Å². The van der Waals surface area contributed by atoms with Crippen LogP contribution >= 0.6 is 0 Å². The zero-order valence-corrected chi connectivity index (χ0v) is 3.76. The van der Waals surface area contributed by atoms with Gasteiger partial charge in [0, 0.05) is 6.20 Å². The van der Waals surface area contributed by atoms with Crippen LogP contribution in [0.4, 0.5) is 0 Å². The van der Waals surface area contributed by atoms with Crippen LogP contribution in [-0.4, -0.2) is 5.71 Å². The number of aliphatic imine (C=N–C) groups is 1. The molecule has 0 atom stereocenters. The molecule has 0 aromatic rings. The van der Waals surface area contributed by atoms with E-state index >= 15 is 0 Å². The second-order valence-electron chi connectivity index (χ2n) is 1.27. The molecule has 1 aliphatic heterocycles. The van der Waals surface area contributed by atoms with Crippen molar-refractivity contribution in [2.45, 2.75) is 6.42 Å². The highest BCUT2D eigenvalue weighted by Crippen LogP contribution is 1.97. The van der Waals surface area contributed by atoms with Gasteiger partial charge in [-0.05, 0) is 6.08 Å². The standard InChI is InChI=1S/C5H4N2/c6-3-1-5-2-4-7-5/h2,4H,1H2. The second-order valence-corrected chi connectivity index (χ2v) is 1.27. The Morgan fingerprint density at radius 3 is 2.71 bits per heavy atom. The highest BCUT2D eigenvalue weighted by atomic mass is 14.7. The van der Waals surface area contributed by atoms with Crippen molar-refractivity contribution in [2.75, 3.05) is 0 Å². The third-order valence-corrected chi connectivity index (χ3v) is 0.767. The SMILES string of the molecule is N#CCC1=NC=C1. The lowest BCUT2D eigenvalue weighted by molar-refractivity contribution is 1.35. The highest BCUT2D eigenvalue weighted by molar-refractivity contribution is 6.00. The largest absolute Gasteiger partial charge is 0.260 e. The van der Waals surface area contributed by atoms with Crippen molar-refractivity contribution in [3.8, 4) is 6.07 Å². The molecule has 2 nitrogen and oxygen atoms in total. The minimum atomic E-state index is 0.455. The van der Waals surface area contributed by atoms with Crippen molar-refractivity contribution in [1.82, 2.24) is 0 Å². The lowest BCUT2D eigenvalue weighted by Crippen LogP contribution is -1.95. The summed E-state index contributed by atoms with van der Waals surface area (Å²) in [7, 11) is 0. The minimum absolute atomic E-state index is 0.455. The number of hydrogen-bond acceptors (Lipinski definition) is 2. The third-order valence-electron chi connectivity index (χ3n) is 0.767. The Kier molecular flexibility index (Phi) is 0.910. The van der Waals surface area contributed by atoms with Gasteiger partial charge in [0.15, 0.2) is 0 Å². The summed E-state index contributed by atoms with van der Waals surface area (Å²) in [6.07, 6.45) is 3.98. The van der Waals surface area contributed by atoms with Crippen LogP contribution in [0, 0.1) is 11.3 Å². The molecular weight excluding hydrogens is 88.1 g/mol. The summed E-state index contributed by atoms with van der Waals surface area (Å²) >= 11 is 0. The molecule has 0 unspecified atom stereocenters. The number of hydrogen-bond donors (Lipinski definition) is 0. The van der Waals surface area contributed by atoms with Crippen LogP contribution < -0.4 is 0 Å². The smallest absolute Gasteiger partial charge is 0.0775 e. The molecule has 0 saturated heterocycles. The molecule has 0 spiro atoms. The molecule has 1 heterocycles. The maximum Gasteiger partial charge on any atom is 0.0775 e. The number of nitriles is 1. The van der Waals surface area contributed by atoms with Crippen LogP contribution in [0.2, 0.25) is 0 Å². The molecule has 1 rings (SSSR count). The summed E-state index contributed by atoms with van der Waals surface area (Å²) in [5, 5.41) is 8.04. The molecule has 0 saturated carbocycles. The molecule has 34 valence electrons. The van der Waals surface area contributed by atoms with Gasteiger partial charge in [0.25, 0.3) is 0 Å². The molecule has 1 aliphatic rings. The molecule has 7 heavy (non-hydrogen) atoms. The second kappa shape index (κ2) is 1.57. The Bertz CT molecular complexity index is 159.